The molecule has 0 bridgehead atoms. The Morgan fingerprint density at radius 3 is 2.23 bits per heavy atom. The van der Waals surface area contributed by atoms with Crippen molar-refractivity contribution in [3.8, 4) is 0 Å². The van der Waals surface area contributed by atoms with Gasteiger partial charge in [-0.05, 0) is 12.8 Å². The summed E-state index contributed by atoms with van der Waals surface area (Å²) in [5.41, 5.74) is 0. The first-order valence-corrected chi connectivity index (χ1v) is 5.05. The van der Waals surface area contributed by atoms with E-state index in [1.807, 2.05) is 0 Å². The van der Waals surface area contributed by atoms with E-state index in [2.05, 4.69) is 4.99 Å². The molecule has 0 aromatic carbocycles. The number of aliphatic carboxylic acids is 1. The third kappa shape index (κ3) is 4.65. The summed E-state index contributed by atoms with van der Waals surface area (Å²) in [7, 11) is 0. The van der Waals surface area contributed by atoms with Crippen LogP contribution in [0.4, 0.5) is 0 Å². The van der Waals surface area contributed by atoms with Gasteiger partial charge in [0.05, 0.1) is 6.04 Å². The zero-order valence-electron chi connectivity index (χ0n) is 7.91. The average molecular weight is 183 g/mol. The van der Waals surface area contributed by atoms with Gasteiger partial charge in [0.15, 0.2) is 0 Å². The lowest BCUT2D eigenvalue weighted by Crippen LogP contribution is -2.09. The second-order valence-corrected chi connectivity index (χ2v) is 3.62. The van der Waals surface area contributed by atoms with Gasteiger partial charge in [0, 0.05) is 0 Å². The predicted molar refractivity (Wildman–Crippen MR) is 52.2 cm³/mol. The minimum atomic E-state index is -0.929. The fourth-order valence-corrected chi connectivity index (χ4v) is 1.75. The van der Waals surface area contributed by atoms with Crippen molar-refractivity contribution in [2.24, 2.45) is 4.99 Å². The summed E-state index contributed by atoms with van der Waals surface area (Å²) in [6.45, 7) is 0. The number of rotatable bonds is 2. The van der Waals surface area contributed by atoms with E-state index in [1.54, 1.807) is 0 Å². The van der Waals surface area contributed by atoms with E-state index in [9.17, 15) is 4.79 Å². The Hall–Kier alpha value is -0.860. The van der Waals surface area contributed by atoms with Crippen LogP contribution in [0.3, 0.4) is 0 Å². The highest BCUT2D eigenvalue weighted by molar-refractivity contribution is 6.22. The van der Waals surface area contributed by atoms with Crippen molar-refractivity contribution < 1.29 is 9.90 Å². The van der Waals surface area contributed by atoms with Crippen LogP contribution in [0.25, 0.3) is 0 Å². The molecule has 13 heavy (non-hydrogen) atoms. The molecule has 0 aromatic rings. The van der Waals surface area contributed by atoms with Crippen LogP contribution in [0.15, 0.2) is 4.99 Å². The normalized spacial score (nSPS) is 21.2. The van der Waals surface area contributed by atoms with Crippen LogP contribution in [0.2, 0.25) is 0 Å². The third-order valence-corrected chi connectivity index (χ3v) is 2.47. The monoisotopic (exact) mass is 183 g/mol. The topological polar surface area (TPSA) is 49.7 Å². The van der Waals surface area contributed by atoms with Crippen molar-refractivity contribution in [3.05, 3.63) is 0 Å². The fraction of sp³-hybridized carbons (Fsp3) is 0.800. The summed E-state index contributed by atoms with van der Waals surface area (Å²) >= 11 is 0. The van der Waals surface area contributed by atoms with E-state index in [1.165, 1.54) is 32.1 Å². The van der Waals surface area contributed by atoms with Crippen molar-refractivity contribution in [1.82, 2.24) is 0 Å². The van der Waals surface area contributed by atoms with Gasteiger partial charge in [0.2, 0.25) is 0 Å². The zero-order valence-corrected chi connectivity index (χ0v) is 7.91. The maximum atomic E-state index is 10.2. The number of hydrogen-bond donors (Lipinski definition) is 1. The largest absolute Gasteiger partial charge is 0.477 e. The Morgan fingerprint density at radius 2 is 1.69 bits per heavy atom. The van der Waals surface area contributed by atoms with E-state index in [0.717, 1.165) is 19.1 Å². The fourth-order valence-electron chi connectivity index (χ4n) is 1.75. The Morgan fingerprint density at radius 1 is 1.15 bits per heavy atom. The molecule has 0 aliphatic heterocycles. The van der Waals surface area contributed by atoms with Crippen LogP contribution in [-0.4, -0.2) is 23.3 Å². The molecule has 0 unspecified atom stereocenters. The molecule has 1 aliphatic carbocycles. The molecule has 1 aliphatic rings. The van der Waals surface area contributed by atoms with Crippen LogP contribution < -0.4 is 0 Å². The van der Waals surface area contributed by atoms with Crippen molar-refractivity contribution in [1.29, 1.82) is 0 Å². The summed E-state index contributed by atoms with van der Waals surface area (Å²) in [6.07, 6.45) is 9.44. The number of aliphatic imine (C=N–C) groups is 1. The first-order chi connectivity index (χ1) is 6.29. The smallest absolute Gasteiger partial charge is 0.346 e. The van der Waals surface area contributed by atoms with Gasteiger partial charge in [0.25, 0.3) is 0 Å². The summed E-state index contributed by atoms with van der Waals surface area (Å²) in [5, 5.41) is 8.42. The first kappa shape index (κ1) is 10.2. The van der Waals surface area contributed by atoms with Gasteiger partial charge < -0.3 is 5.11 Å². The maximum Gasteiger partial charge on any atom is 0.346 e. The molecule has 0 saturated heterocycles. The number of carboxylic acid groups (broad SMARTS) is 1. The highest BCUT2D eigenvalue weighted by Gasteiger charge is 2.08. The summed E-state index contributed by atoms with van der Waals surface area (Å²) in [5.74, 6) is -0.929. The maximum absolute atomic E-state index is 10.2. The van der Waals surface area contributed by atoms with Crippen molar-refractivity contribution in [2.75, 3.05) is 0 Å². The average Bonchev–Trinajstić information content (AvgIpc) is 2.01. The molecular weight excluding hydrogens is 166 g/mol. The first-order valence-electron chi connectivity index (χ1n) is 5.05. The van der Waals surface area contributed by atoms with Crippen LogP contribution in [0.5, 0.6) is 0 Å². The minimum absolute atomic E-state index is 0.261. The molecular formula is C10H17NO2. The Labute approximate surface area is 78.9 Å². The van der Waals surface area contributed by atoms with Crippen LogP contribution in [0.1, 0.15) is 44.9 Å². The summed E-state index contributed by atoms with van der Waals surface area (Å²) in [4.78, 5) is 14.3. The molecule has 0 spiro atoms. The molecule has 1 rings (SSSR count). The summed E-state index contributed by atoms with van der Waals surface area (Å²) < 4.78 is 0. The van der Waals surface area contributed by atoms with Gasteiger partial charge in [-0.2, -0.15) is 0 Å². The Bertz CT molecular complexity index is 181. The second-order valence-electron chi connectivity index (χ2n) is 3.62. The second kappa shape index (κ2) is 5.73. The number of carbonyl (C=O) groups is 1. The van der Waals surface area contributed by atoms with Gasteiger partial charge in [0.1, 0.15) is 6.21 Å². The molecule has 1 saturated carbocycles. The molecule has 74 valence electrons. The SMILES string of the molecule is O=C(O)C=NC1CCCCCCC1. The molecule has 1 N–H and O–H groups in total. The summed E-state index contributed by atoms with van der Waals surface area (Å²) in [6, 6.07) is 0.261. The molecule has 0 aromatic heterocycles. The molecule has 0 heterocycles. The van der Waals surface area contributed by atoms with Gasteiger partial charge in [-0.15, -0.1) is 0 Å². The lowest BCUT2D eigenvalue weighted by Gasteiger charge is -2.14. The van der Waals surface area contributed by atoms with E-state index in [0.29, 0.717) is 0 Å². The molecule has 0 atom stereocenters. The van der Waals surface area contributed by atoms with Gasteiger partial charge >= 0.3 is 5.97 Å². The Balaban J connectivity index is 2.33. The Kier molecular flexibility index (Phi) is 4.50. The van der Waals surface area contributed by atoms with Crippen molar-refractivity contribution >= 4 is 12.2 Å². The predicted octanol–water partition coefficient (Wildman–Crippen LogP) is 2.25. The molecule has 0 amide bonds. The van der Waals surface area contributed by atoms with Gasteiger partial charge in [-0.25, -0.2) is 4.79 Å². The van der Waals surface area contributed by atoms with Crippen LogP contribution >= 0.6 is 0 Å². The highest BCUT2D eigenvalue weighted by atomic mass is 16.4. The van der Waals surface area contributed by atoms with Crippen molar-refractivity contribution in [2.45, 2.75) is 51.0 Å². The molecule has 0 radical (unpaired) electrons. The van der Waals surface area contributed by atoms with Gasteiger partial charge in [-0.1, -0.05) is 32.1 Å². The zero-order chi connectivity index (χ0) is 9.52. The van der Waals surface area contributed by atoms with E-state index < -0.39 is 5.97 Å². The van der Waals surface area contributed by atoms with E-state index >= 15 is 0 Å². The highest BCUT2D eigenvalue weighted by Crippen LogP contribution is 2.18. The van der Waals surface area contributed by atoms with Crippen LogP contribution in [0, 0.1) is 0 Å². The van der Waals surface area contributed by atoms with E-state index in [-0.39, 0.29) is 6.04 Å². The van der Waals surface area contributed by atoms with Gasteiger partial charge in [-0.3, -0.25) is 4.99 Å². The minimum Gasteiger partial charge on any atom is -0.477 e. The molecule has 3 nitrogen and oxygen atoms in total. The molecule has 3 heteroatoms. The lowest BCUT2D eigenvalue weighted by molar-refractivity contribution is -0.128. The number of hydrogen-bond acceptors (Lipinski definition) is 2. The van der Waals surface area contributed by atoms with E-state index in [4.69, 9.17) is 5.11 Å². The third-order valence-electron chi connectivity index (χ3n) is 2.47. The number of nitrogens with zero attached hydrogens (tertiary/aromatic N) is 1. The quantitative estimate of drug-likeness (QED) is 0.667. The standard InChI is InChI=1S/C10H17NO2/c12-10(13)8-11-9-6-4-2-1-3-5-7-9/h8-9H,1-7H2,(H,12,13). The van der Waals surface area contributed by atoms with Crippen LogP contribution in [-0.2, 0) is 4.79 Å². The van der Waals surface area contributed by atoms with Crippen molar-refractivity contribution in [3.63, 3.8) is 0 Å². The lowest BCUT2D eigenvalue weighted by atomic mass is 9.97. The molecule has 1 fully saturated rings. The number of carboxylic acids is 1.